The summed E-state index contributed by atoms with van der Waals surface area (Å²) in [5, 5.41) is 3.94. The van der Waals surface area contributed by atoms with Crippen molar-refractivity contribution < 1.29 is 4.74 Å². The Balaban J connectivity index is 2.31. The van der Waals surface area contributed by atoms with Crippen LogP contribution in [0.4, 0.5) is 0 Å². The molecule has 0 aromatic carbocycles. The van der Waals surface area contributed by atoms with Gasteiger partial charge in [-0.15, -0.1) is 0 Å². The van der Waals surface area contributed by atoms with Crippen LogP contribution in [-0.2, 0) is 0 Å². The van der Waals surface area contributed by atoms with E-state index in [4.69, 9.17) is 16.3 Å². The molecular formula is C12H19ClN2O. The smallest absolute Gasteiger partial charge is 0.139 e. The summed E-state index contributed by atoms with van der Waals surface area (Å²) in [6, 6.07) is 1.77. The van der Waals surface area contributed by atoms with Crippen molar-refractivity contribution in [3.05, 3.63) is 23.5 Å². The van der Waals surface area contributed by atoms with E-state index in [9.17, 15) is 0 Å². The molecule has 0 saturated carbocycles. The van der Waals surface area contributed by atoms with Crippen LogP contribution in [0.1, 0.15) is 20.8 Å². The Bertz CT molecular complexity index is 318. The van der Waals surface area contributed by atoms with Crippen molar-refractivity contribution in [2.24, 2.45) is 5.92 Å². The van der Waals surface area contributed by atoms with Gasteiger partial charge in [0.1, 0.15) is 11.9 Å². The molecule has 0 aliphatic heterocycles. The summed E-state index contributed by atoms with van der Waals surface area (Å²) >= 11 is 5.82. The lowest BCUT2D eigenvalue weighted by Crippen LogP contribution is -2.31. The lowest BCUT2D eigenvalue weighted by atomic mass is 10.2. The van der Waals surface area contributed by atoms with Crippen LogP contribution in [0.25, 0.3) is 0 Å². The van der Waals surface area contributed by atoms with Crippen LogP contribution >= 0.6 is 11.6 Å². The summed E-state index contributed by atoms with van der Waals surface area (Å²) < 4.78 is 5.67. The molecular weight excluding hydrogens is 224 g/mol. The minimum Gasteiger partial charge on any atom is -0.488 e. The summed E-state index contributed by atoms with van der Waals surface area (Å²) in [5.41, 5.74) is 0. The fourth-order valence-electron chi connectivity index (χ4n) is 1.31. The van der Waals surface area contributed by atoms with E-state index in [1.807, 2.05) is 6.92 Å². The number of halogens is 1. The minimum absolute atomic E-state index is 0.110. The summed E-state index contributed by atoms with van der Waals surface area (Å²) in [5.74, 6) is 1.37. The molecule has 0 fully saturated rings. The summed E-state index contributed by atoms with van der Waals surface area (Å²) in [7, 11) is 0. The van der Waals surface area contributed by atoms with Gasteiger partial charge in [-0.1, -0.05) is 25.4 Å². The van der Waals surface area contributed by atoms with E-state index in [1.165, 1.54) is 0 Å². The fourth-order valence-corrected chi connectivity index (χ4v) is 1.47. The third kappa shape index (κ3) is 5.33. The van der Waals surface area contributed by atoms with Gasteiger partial charge in [0.05, 0.1) is 11.2 Å². The first-order chi connectivity index (χ1) is 7.58. The van der Waals surface area contributed by atoms with E-state index in [2.05, 4.69) is 24.1 Å². The predicted molar refractivity (Wildman–Crippen MR) is 67.0 cm³/mol. The van der Waals surface area contributed by atoms with Gasteiger partial charge in [-0.05, 0) is 19.4 Å². The van der Waals surface area contributed by atoms with Gasteiger partial charge in [0.15, 0.2) is 0 Å². The van der Waals surface area contributed by atoms with Crippen LogP contribution in [0.15, 0.2) is 18.5 Å². The van der Waals surface area contributed by atoms with Crippen LogP contribution in [0.5, 0.6) is 5.75 Å². The molecule has 0 saturated heterocycles. The fraction of sp³-hybridized carbons (Fsp3) is 0.583. The highest BCUT2D eigenvalue weighted by atomic mass is 35.5. The second-order valence-corrected chi connectivity index (χ2v) is 4.76. The zero-order valence-electron chi connectivity index (χ0n) is 10.0. The van der Waals surface area contributed by atoms with Crippen molar-refractivity contribution in [2.75, 3.05) is 13.1 Å². The third-order valence-corrected chi connectivity index (χ3v) is 2.21. The van der Waals surface area contributed by atoms with Crippen molar-refractivity contribution in [3.8, 4) is 5.75 Å². The number of rotatable bonds is 6. The number of nitrogens with zero attached hydrogens (tertiary/aromatic N) is 1. The van der Waals surface area contributed by atoms with Crippen molar-refractivity contribution in [3.63, 3.8) is 0 Å². The molecule has 0 aliphatic carbocycles. The van der Waals surface area contributed by atoms with E-state index >= 15 is 0 Å². The van der Waals surface area contributed by atoms with Crippen molar-refractivity contribution >= 4 is 11.6 Å². The molecule has 1 aromatic heterocycles. The Labute approximate surface area is 102 Å². The molecule has 16 heavy (non-hydrogen) atoms. The Morgan fingerprint density at radius 1 is 1.31 bits per heavy atom. The average Bonchev–Trinajstić information content (AvgIpc) is 2.16. The van der Waals surface area contributed by atoms with Crippen molar-refractivity contribution in [2.45, 2.75) is 26.9 Å². The number of ether oxygens (including phenoxy) is 1. The Kier molecular flexibility index (Phi) is 5.56. The molecule has 0 amide bonds. The van der Waals surface area contributed by atoms with E-state index in [-0.39, 0.29) is 6.10 Å². The first kappa shape index (κ1) is 13.3. The largest absolute Gasteiger partial charge is 0.488 e. The Morgan fingerprint density at radius 2 is 2.06 bits per heavy atom. The summed E-state index contributed by atoms with van der Waals surface area (Å²) in [4.78, 5) is 3.97. The molecule has 1 aromatic rings. The number of hydrogen-bond acceptors (Lipinski definition) is 3. The van der Waals surface area contributed by atoms with Crippen LogP contribution in [0.2, 0.25) is 5.02 Å². The maximum atomic E-state index is 5.82. The molecule has 4 heteroatoms. The average molecular weight is 243 g/mol. The third-order valence-electron chi connectivity index (χ3n) is 2.00. The van der Waals surface area contributed by atoms with Crippen LogP contribution < -0.4 is 10.1 Å². The molecule has 3 nitrogen and oxygen atoms in total. The highest BCUT2D eigenvalue weighted by Crippen LogP contribution is 2.16. The number of nitrogens with one attached hydrogen (secondary N) is 1. The minimum atomic E-state index is 0.110. The maximum Gasteiger partial charge on any atom is 0.139 e. The van der Waals surface area contributed by atoms with Crippen LogP contribution in [0, 0.1) is 5.92 Å². The molecule has 0 radical (unpaired) electrons. The monoisotopic (exact) mass is 242 g/mol. The molecule has 1 rings (SSSR count). The Hall–Kier alpha value is -0.800. The maximum absolute atomic E-state index is 5.82. The van der Waals surface area contributed by atoms with Gasteiger partial charge in [-0.3, -0.25) is 4.98 Å². The van der Waals surface area contributed by atoms with Crippen LogP contribution in [0.3, 0.4) is 0 Å². The van der Waals surface area contributed by atoms with Gasteiger partial charge >= 0.3 is 0 Å². The van der Waals surface area contributed by atoms with Gasteiger partial charge in [0, 0.05) is 18.8 Å². The molecule has 1 heterocycles. The highest BCUT2D eigenvalue weighted by molar-refractivity contribution is 6.30. The SMILES string of the molecule is CC(C)CNCC(C)Oc1cncc(Cl)c1. The zero-order chi connectivity index (χ0) is 12.0. The van der Waals surface area contributed by atoms with E-state index in [0.717, 1.165) is 13.1 Å². The van der Waals surface area contributed by atoms with Gasteiger partial charge in [-0.25, -0.2) is 0 Å². The first-order valence-electron chi connectivity index (χ1n) is 5.56. The lowest BCUT2D eigenvalue weighted by molar-refractivity contribution is 0.215. The molecule has 0 bridgehead atoms. The topological polar surface area (TPSA) is 34.1 Å². The lowest BCUT2D eigenvalue weighted by Gasteiger charge is -2.16. The first-order valence-corrected chi connectivity index (χ1v) is 5.93. The molecule has 1 N–H and O–H groups in total. The van der Waals surface area contributed by atoms with Crippen molar-refractivity contribution in [1.29, 1.82) is 0 Å². The quantitative estimate of drug-likeness (QED) is 0.833. The molecule has 0 aliphatic rings. The van der Waals surface area contributed by atoms with Gasteiger partial charge in [0.2, 0.25) is 0 Å². The zero-order valence-corrected chi connectivity index (χ0v) is 10.8. The number of pyridine rings is 1. The van der Waals surface area contributed by atoms with Gasteiger partial charge < -0.3 is 10.1 Å². The van der Waals surface area contributed by atoms with E-state index in [1.54, 1.807) is 18.5 Å². The molecule has 1 unspecified atom stereocenters. The van der Waals surface area contributed by atoms with Crippen molar-refractivity contribution in [1.82, 2.24) is 10.3 Å². The normalized spacial score (nSPS) is 12.8. The second-order valence-electron chi connectivity index (χ2n) is 4.32. The van der Waals surface area contributed by atoms with Gasteiger partial charge in [-0.2, -0.15) is 0 Å². The summed E-state index contributed by atoms with van der Waals surface area (Å²) in [6.45, 7) is 8.21. The predicted octanol–water partition coefficient (Wildman–Crippen LogP) is 2.75. The second kappa shape index (κ2) is 6.71. The summed E-state index contributed by atoms with van der Waals surface area (Å²) in [6.07, 6.45) is 3.38. The number of hydrogen-bond donors (Lipinski definition) is 1. The van der Waals surface area contributed by atoms with E-state index in [0.29, 0.717) is 16.7 Å². The van der Waals surface area contributed by atoms with E-state index < -0.39 is 0 Å². The van der Waals surface area contributed by atoms with Crippen LogP contribution in [-0.4, -0.2) is 24.2 Å². The highest BCUT2D eigenvalue weighted by Gasteiger charge is 2.04. The standard InChI is InChI=1S/C12H19ClN2O/c1-9(2)5-14-6-10(3)16-12-4-11(13)7-15-8-12/h4,7-10,14H,5-6H2,1-3H3. The molecule has 90 valence electrons. The Morgan fingerprint density at radius 3 is 2.69 bits per heavy atom. The number of aromatic nitrogens is 1. The molecule has 1 atom stereocenters. The molecule has 0 spiro atoms. The van der Waals surface area contributed by atoms with Gasteiger partial charge in [0.25, 0.3) is 0 Å².